The topological polar surface area (TPSA) is 76.3 Å². The van der Waals surface area contributed by atoms with E-state index in [4.69, 9.17) is 17.3 Å². The van der Waals surface area contributed by atoms with E-state index < -0.39 is 10.0 Å². The molecular formula is C11H12ClN3O2S2. The smallest absolute Gasteiger partial charge is 0.246 e. The average molecular weight is 318 g/mol. The normalized spacial score (nSPS) is 11.9. The fraction of sp³-hybridized carbons (Fsp3) is 0.182. The molecule has 0 aromatic carbocycles. The molecule has 0 aliphatic rings. The summed E-state index contributed by atoms with van der Waals surface area (Å²) < 4.78 is 26.5. The number of rotatable bonds is 4. The minimum Gasteiger partial charge on any atom is -0.383 e. The van der Waals surface area contributed by atoms with Crippen LogP contribution in [0.25, 0.3) is 0 Å². The standard InChI is InChI=1S/C11H12ClN3O2S2/c1-15(7-8-4-5-10(12)18-8)19(16,17)9-3-2-6-14-11(9)13/h2-6H,7H2,1H3,(H2,13,14). The van der Waals surface area contributed by atoms with Crippen LogP contribution in [0.1, 0.15) is 4.88 Å². The Bertz CT molecular complexity index is 685. The van der Waals surface area contributed by atoms with E-state index in [0.29, 0.717) is 4.34 Å². The third kappa shape index (κ3) is 3.06. The van der Waals surface area contributed by atoms with Crippen LogP contribution in [0.4, 0.5) is 5.82 Å². The molecule has 2 rings (SSSR count). The number of hydrogen-bond acceptors (Lipinski definition) is 5. The van der Waals surface area contributed by atoms with E-state index in [-0.39, 0.29) is 17.3 Å². The molecule has 8 heteroatoms. The van der Waals surface area contributed by atoms with E-state index in [2.05, 4.69) is 4.98 Å². The van der Waals surface area contributed by atoms with Crippen LogP contribution in [0.15, 0.2) is 35.4 Å². The van der Waals surface area contributed by atoms with Crippen LogP contribution < -0.4 is 5.73 Å². The van der Waals surface area contributed by atoms with Gasteiger partial charge in [-0.1, -0.05) is 11.6 Å². The van der Waals surface area contributed by atoms with E-state index in [9.17, 15) is 8.42 Å². The highest BCUT2D eigenvalue weighted by molar-refractivity contribution is 7.89. The van der Waals surface area contributed by atoms with Gasteiger partial charge >= 0.3 is 0 Å². The molecule has 0 bridgehead atoms. The molecule has 0 saturated heterocycles. The Morgan fingerprint density at radius 2 is 2.16 bits per heavy atom. The number of thiophene rings is 1. The summed E-state index contributed by atoms with van der Waals surface area (Å²) in [7, 11) is -2.15. The SMILES string of the molecule is CN(Cc1ccc(Cl)s1)S(=O)(=O)c1cccnc1N. The number of sulfonamides is 1. The first-order valence-corrected chi connectivity index (χ1v) is 7.96. The summed E-state index contributed by atoms with van der Waals surface area (Å²) in [6.07, 6.45) is 1.45. The molecule has 0 aliphatic carbocycles. The number of aromatic nitrogens is 1. The van der Waals surface area contributed by atoms with Gasteiger partial charge in [-0.3, -0.25) is 0 Å². The first kappa shape index (κ1) is 14.3. The molecule has 0 radical (unpaired) electrons. The van der Waals surface area contributed by atoms with Crippen molar-refractivity contribution in [3.05, 3.63) is 39.7 Å². The van der Waals surface area contributed by atoms with Crippen LogP contribution in [-0.2, 0) is 16.6 Å². The number of nitrogens with zero attached hydrogens (tertiary/aromatic N) is 2. The van der Waals surface area contributed by atoms with Crippen LogP contribution in [0.5, 0.6) is 0 Å². The van der Waals surface area contributed by atoms with Crippen molar-refractivity contribution in [1.82, 2.24) is 9.29 Å². The van der Waals surface area contributed by atoms with Crippen LogP contribution in [-0.4, -0.2) is 24.8 Å². The Morgan fingerprint density at radius 1 is 1.42 bits per heavy atom. The molecule has 102 valence electrons. The zero-order valence-corrected chi connectivity index (χ0v) is 12.5. The molecule has 0 aliphatic heterocycles. The van der Waals surface area contributed by atoms with Gasteiger partial charge in [-0.25, -0.2) is 13.4 Å². The number of anilines is 1. The third-order valence-electron chi connectivity index (χ3n) is 2.50. The summed E-state index contributed by atoms with van der Waals surface area (Å²) in [5.41, 5.74) is 5.61. The van der Waals surface area contributed by atoms with Crippen molar-refractivity contribution in [2.75, 3.05) is 12.8 Å². The monoisotopic (exact) mass is 317 g/mol. The average Bonchev–Trinajstić information content (AvgIpc) is 2.75. The second-order valence-electron chi connectivity index (χ2n) is 3.85. The van der Waals surface area contributed by atoms with Crippen molar-refractivity contribution < 1.29 is 8.42 Å². The Hall–Kier alpha value is -1.15. The quantitative estimate of drug-likeness (QED) is 0.938. The molecule has 2 N–H and O–H groups in total. The summed E-state index contributed by atoms with van der Waals surface area (Å²) in [5.74, 6) is -0.00133. The molecule has 0 fully saturated rings. The summed E-state index contributed by atoms with van der Waals surface area (Å²) in [6.45, 7) is 0.244. The zero-order valence-electron chi connectivity index (χ0n) is 10.1. The number of halogens is 1. The second kappa shape index (κ2) is 5.46. The van der Waals surface area contributed by atoms with Gasteiger partial charge in [-0.2, -0.15) is 4.31 Å². The fourth-order valence-electron chi connectivity index (χ4n) is 1.53. The molecule has 0 spiro atoms. The zero-order chi connectivity index (χ0) is 14.0. The Kier molecular flexibility index (Phi) is 4.10. The van der Waals surface area contributed by atoms with Gasteiger partial charge in [0.2, 0.25) is 10.0 Å². The Labute approximate surface area is 120 Å². The molecule has 2 aromatic heterocycles. The molecule has 0 saturated carbocycles. The number of nitrogens with two attached hydrogens (primary N) is 1. The maximum absolute atomic E-state index is 12.3. The van der Waals surface area contributed by atoms with Gasteiger partial charge in [0, 0.05) is 24.7 Å². The molecule has 5 nitrogen and oxygen atoms in total. The van der Waals surface area contributed by atoms with Crippen molar-refractivity contribution in [2.45, 2.75) is 11.4 Å². The van der Waals surface area contributed by atoms with Crippen molar-refractivity contribution in [3.63, 3.8) is 0 Å². The number of hydrogen-bond donors (Lipinski definition) is 1. The van der Waals surface area contributed by atoms with Gasteiger partial charge in [-0.05, 0) is 24.3 Å². The summed E-state index contributed by atoms with van der Waals surface area (Å²) >= 11 is 7.16. The molecular weight excluding hydrogens is 306 g/mol. The van der Waals surface area contributed by atoms with E-state index in [1.54, 1.807) is 18.2 Å². The Morgan fingerprint density at radius 3 is 2.74 bits per heavy atom. The summed E-state index contributed by atoms with van der Waals surface area (Å²) in [4.78, 5) is 4.67. The fourth-order valence-corrected chi connectivity index (χ4v) is 3.97. The molecule has 0 unspecified atom stereocenters. The first-order chi connectivity index (χ1) is 8.91. The highest BCUT2D eigenvalue weighted by atomic mass is 35.5. The van der Waals surface area contributed by atoms with Crippen LogP contribution in [0.3, 0.4) is 0 Å². The molecule has 0 amide bonds. The Balaban J connectivity index is 2.27. The molecule has 0 atom stereocenters. The van der Waals surface area contributed by atoms with Crippen molar-refractivity contribution >= 4 is 38.8 Å². The van der Waals surface area contributed by atoms with E-state index in [0.717, 1.165) is 4.88 Å². The van der Waals surface area contributed by atoms with Gasteiger partial charge in [-0.15, -0.1) is 11.3 Å². The van der Waals surface area contributed by atoms with Crippen molar-refractivity contribution in [1.29, 1.82) is 0 Å². The van der Waals surface area contributed by atoms with E-state index >= 15 is 0 Å². The highest BCUT2D eigenvalue weighted by Crippen LogP contribution is 2.25. The first-order valence-electron chi connectivity index (χ1n) is 5.32. The minimum atomic E-state index is -3.65. The second-order valence-corrected chi connectivity index (χ2v) is 7.67. The van der Waals surface area contributed by atoms with Gasteiger partial charge in [0.1, 0.15) is 10.7 Å². The molecule has 2 aromatic rings. The molecule has 19 heavy (non-hydrogen) atoms. The third-order valence-corrected chi connectivity index (χ3v) is 5.56. The maximum atomic E-state index is 12.3. The number of pyridine rings is 1. The maximum Gasteiger partial charge on any atom is 0.246 e. The van der Waals surface area contributed by atoms with E-state index in [1.807, 2.05) is 0 Å². The van der Waals surface area contributed by atoms with Gasteiger partial charge in [0.05, 0.1) is 4.34 Å². The van der Waals surface area contributed by atoms with E-state index in [1.165, 1.54) is 35.0 Å². The lowest BCUT2D eigenvalue weighted by Crippen LogP contribution is -2.27. The predicted octanol–water partition coefficient (Wildman–Crippen LogP) is 2.20. The van der Waals surface area contributed by atoms with Gasteiger partial charge in [0.25, 0.3) is 0 Å². The van der Waals surface area contributed by atoms with Crippen molar-refractivity contribution in [3.8, 4) is 0 Å². The van der Waals surface area contributed by atoms with Crippen LogP contribution in [0, 0.1) is 0 Å². The molecule has 2 heterocycles. The highest BCUT2D eigenvalue weighted by Gasteiger charge is 2.24. The predicted molar refractivity (Wildman–Crippen MR) is 76.6 cm³/mol. The lowest BCUT2D eigenvalue weighted by molar-refractivity contribution is 0.470. The lowest BCUT2D eigenvalue weighted by Gasteiger charge is -2.16. The van der Waals surface area contributed by atoms with Gasteiger partial charge in [0.15, 0.2) is 0 Å². The lowest BCUT2D eigenvalue weighted by atomic mass is 10.5. The van der Waals surface area contributed by atoms with Crippen LogP contribution >= 0.6 is 22.9 Å². The summed E-state index contributed by atoms with van der Waals surface area (Å²) in [5, 5.41) is 0. The largest absolute Gasteiger partial charge is 0.383 e. The minimum absolute atomic E-state index is 0.00133. The summed E-state index contributed by atoms with van der Waals surface area (Å²) in [6, 6.07) is 6.51. The van der Waals surface area contributed by atoms with Crippen molar-refractivity contribution in [2.24, 2.45) is 0 Å². The number of nitrogen functional groups attached to an aromatic ring is 1. The van der Waals surface area contributed by atoms with Crippen LogP contribution in [0.2, 0.25) is 4.34 Å². The van der Waals surface area contributed by atoms with Gasteiger partial charge < -0.3 is 5.73 Å².